The lowest BCUT2D eigenvalue weighted by atomic mass is 9.96. The number of phosphoric acid groups is 1. The van der Waals surface area contributed by atoms with Crippen LogP contribution in [0.2, 0.25) is 0 Å². The Balaban J connectivity index is 1.97. The van der Waals surface area contributed by atoms with Crippen molar-refractivity contribution in [2.24, 2.45) is 5.11 Å². The predicted octanol–water partition coefficient (Wildman–Crippen LogP) is 4.38. The van der Waals surface area contributed by atoms with Crippen molar-refractivity contribution in [2.75, 3.05) is 6.61 Å². The van der Waals surface area contributed by atoms with Gasteiger partial charge in [-0.15, -0.1) is 0 Å². The number of ether oxygens (including phenoxy) is 4. The highest BCUT2D eigenvalue weighted by Crippen LogP contribution is 2.53. The van der Waals surface area contributed by atoms with E-state index >= 15 is 0 Å². The van der Waals surface area contributed by atoms with E-state index in [9.17, 15) is 24.5 Å². The third-order valence-electron chi connectivity index (χ3n) is 5.55. The van der Waals surface area contributed by atoms with E-state index in [-0.39, 0.29) is 13.2 Å². The van der Waals surface area contributed by atoms with Crippen molar-refractivity contribution in [3.05, 3.63) is 82.2 Å². The highest BCUT2D eigenvalue weighted by molar-refractivity contribution is 7.48. The fourth-order valence-electron chi connectivity index (χ4n) is 3.84. The van der Waals surface area contributed by atoms with E-state index in [0.29, 0.717) is 11.1 Å². The topological polar surface area (TPSA) is 182 Å². The van der Waals surface area contributed by atoms with E-state index in [2.05, 4.69) is 10.0 Å². The maximum atomic E-state index is 14.0. The summed E-state index contributed by atoms with van der Waals surface area (Å²) in [5.41, 5.74) is 10.6. The average Bonchev–Trinajstić information content (AvgIpc) is 2.94. The van der Waals surface area contributed by atoms with Gasteiger partial charge >= 0.3 is 25.7 Å². The van der Waals surface area contributed by atoms with Gasteiger partial charge in [-0.25, -0.2) is 4.57 Å². The third-order valence-corrected chi connectivity index (χ3v) is 6.91. The predicted molar refractivity (Wildman–Crippen MR) is 140 cm³/mol. The summed E-state index contributed by atoms with van der Waals surface area (Å²) in [5, 5.41) is 3.65. The zero-order valence-electron chi connectivity index (χ0n) is 22.6. The molecule has 14 nitrogen and oxygen atoms in total. The summed E-state index contributed by atoms with van der Waals surface area (Å²) in [6, 6.07) is 16.1. The molecule has 1 heterocycles. The molecule has 0 bridgehead atoms. The molecule has 1 aliphatic rings. The van der Waals surface area contributed by atoms with E-state index in [1.54, 1.807) is 60.7 Å². The van der Waals surface area contributed by atoms with E-state index in [0.717, 1.165) is 20.8 Å². The first-order chi connectivity index (χ1) is 19.6. The number of benzene rings is 2. The van der Waals surface area contributed by atoms with Crippen molar-refractivity contribution in [2.45, 2.75) is 64.6 Å². The van der Waals surface area contributed by atoms with Crippen molar-refractivity contribution in [1.82, 2.24) is 0 Å². The zero-order chi connectivity index (χ0) is 29.8. The number of hydrogen-bond acceptors (Lipinski definition) is 12. The number of rotatable bonds is 13. The van der Waals surface area contributed by atoms with Gasteiger partial charge in [0.1, 0.15) is 24.9 Å². The number of azide groups is 1. The molecule has 5 atom stereocenters. The van der Waals surface area contributed by atoms with Gasteiger partial charge in [-0.2, -0.15) is 0 Å². The summed E-state index contributed by atoms with van der Waals surface area (Å²) < 4.78 is 52.6. The van der Waals surface area contributed by atoms with Crippen LogP contribution in [0.1, 0.15) is 31.9 Å². The summed E-state index contributed by atoms with van der Waals surface area (Å²) in [5.74, 6) is -2.30. The van der Waals surface area contributed by atoms with Crippen molar-refractivity contribution in [3.63, 3.8) is 0 Å². The summed E-state index contributed by atoms with van der Waals surface area (Å²) in [7, 11) is -4.52. The molecule has 0 N–H and O–H groups in total. The van der Waals surface area contributed by atoms with Gasteiger partial charge in [0.25, 0.3) is 0 Å². The first-order valence-corrected chi connectivity index (χ1v) is 13.9. The largest absolute Gasteiger partial charge is 0.477 e. The van der Waals surface area contributed by atoms with Crippen LogP contribution in [-0.4, -0.2) is 55.2 Å². The monoisotopic (exact) mass is 591 g/mol. The van der Waals surface area contributed by atoms with Gasteiger partial charge in [0.05, 0.1) is 13.2 Å². The molecular weight excluding hydrogens is 561 g/mol. The van der Waals surface area contributed by atoms with E-state index in [1.807, 2.05) is 0 Å². The molecule has 2 aromatic rings. The molecule has 0 amide bonds. The van der Waals surface area contributed by atoms with Crippen molar-refractivity contribution in [3.8, 4) is 0 Å². The fourth-order valence-corrected chi connectivity index (χ4v) is 5.07. The maximum absolute atomic E-state index is 14.0. The second-order valence-electron chi connectivity index (χ2n) is 8.76. The Hall–Kier alpha value is -3.77. The van der Waals surface area contributed by atoms with Crippen LogP contribution in [0.3, 0.4) is 0 Å². The molecule has 2 aromatic carbocycles. The lowest BCUT2D eigenvalue weighted by Gasteiger charge is -2.43. The molecule has 1 aliphatic heterocycles. The van der Waals surface area contributed by atoms with Gasteiger partial charge in [-0.1, -0.05) is 65.8 Å². The number of phosphoric ester groups is 1. The molecule has 1 saturated heterocycles. The first-order valence-electron chi connectivity index (χ1n) is 12.4. The third kappa shape index (κ3) is 9.98. The molecule has 220 valence electrons. The smallest absolute Gasteiger partial charge is 0.463 e. The van der Waals surface area contributed by atoms with Gasteiger partial charge in [0.2, 0.25) is 6.29 Å². The Kier molecular flexibility index (Phi) is 11.8. The van der Waals surface area contributed by atoms with Crippen LogP contribution in [0.15, 0.2) is 65.8 Å². The van der Waals surface area contributed by atoms with Crippen LogP contribution in [0.4, 0.5) is 0 Å². The maximum Gasteiger partial charge on any atom is 0.477 e. The van der Waals surface area contributed by atoms with Crippen LogP contribution in [0.5, 0.6) is 0 Å². The first kappa shape index (κ1) is 31.8. The van der Waals surface area contributed by atoms with Crippen molar-refractivity contribution >= 4 is 25.7 Å². The van der Waals surface area contributed by atoms with Gasteiger partial charge in [0, 0.05) is 25.7 Å². The minimum atomic E-state index is -4.52. The Morgan fingerprint density at radius 1 is 0.854 bits per heavy atom. The number of carbonyl (C=O) groups is 3. The number of hydrogen-bond donors (Lipinski definition) is 0. The second-order valence-corrected chi connectivity index (χ2v) is 10.4. The molecule has 1 fully saturated rings. The molecule has 0 saturated carbocycles. The van der Waals surface area contributed by atoms with E-state index in [1.165, 1.54) is 0 Å². The summed E-state index contributed by atoms with van der Waals surface area (Å²) in [6.45, 7) is 2.47. The molecule has 0 aliphatic carbocycles. The fraction of sp³-hybridized carbons (Fsp3) is 0.423. The van der Waals surface area contributed by atoms with Gasteiger partial charge in [0.15, 0.2) is 6.10 Å². The highest BCUT2D eigenvalue weighted by Gasteiger charge is 2.53. The molecular formula is C26H30N3O11P. The molecule has 0 radical (unpaired) electrons. The summed E-state index contributed by atoms with van der Waals surface area (Å²) in [4.78, 5) is 38.2. The lowest BCUT2D eigenvalue weighted by Crippen LogP contribution is -2.60. The minimum absolute atomic E-state index is 0.190. The van der Waals surface area contributed by atoms with Crippen LogP contribution >= 0.6 is 7.82 Å². The SMILES string of the molecule is CC(=O)OC[C@H]1O[C@H](OP(=O)(OCc2ccccc2)OCc2ccccc2)[C@H](OC(C)=O)[C@@H](N=[N+]=[N-])[C@@H]1OC(C)=O. The van der Waals surface area contributed by atoms with Crippen molar-refractivity contribution < 1.29 is 51.5 Å². The average molecular weight is 592 g/mol. The van der Waals surface area contributed by atoms with Crippen LogP contribution in [0, 0.1) is 0 Å². The van der Waals surface area contributed by atoms with Crippen molar-refractivity contribution in [1.29, 1.82) is 0 Å². The molecule has 41 heavy (non-hydrogen) atoms. The van der Waals surface area contributed by atoms with Crippen LogP contribution in [0.25, 0.3) is 10.4 Å². The number of esters is 3. The summed E-state index contributed by atoms with van der Waals surface area (Å²) in [6.07, 6.45) is -5.97. The molecule has 3 rings (SSSR count). The van der Waals surface area contributed by atoms with Gasteiger partial charge in [-0.05, 0) is 16.7 Å². The van der Waals surface area contributed by atoms with Crippen LogP contribution < -0.4 is 0 Å². The van der Waals surface area contributed by atoms with Gasteiger partial charge < -0.3 is 18.9 Å². The normalized spacial score (nSPS) is 22.2. The van der Waals surface area contributed by atoms with Gasteiger partial charge in [-0.3, -0.25) is 28.0 Å². The van der Waals surface area contributed by atoms with E-state index < -0.39 is 63.0 Å². The summed E-state index contributed by atoms with van der Waals surface area (Å²) >= 11 is 0. The quantitative estimate of drug-likeness (QED) is 0.0805. The Morgan fingerprint density at radius 3 is 1.83 bits per heavy atom. The number of carbonyl (C=O) groups excluding carboxylic acids is 3. The molecule has 0 spiro atoms. The van der Waals surface area contributed by atoms with E-state index in [4.69, 9.17) is 32.5 Å². The molecule has 0 aromatic heterocycles. The second kappa shape index (κ2) is 15.3. The molecule has 15 heteroatoms. The number of nitrogens with zero attached hydrogens (tertiary/aromatic N) is 3. The zero-order valence-corrected chi connectivity index (χ0v) is 23.5. The Labute approximate surface area is 236 Å². The highest BCUT2D eigenvalue weighted by atomic mass is 31.2. The standard InChI is InChI=1S/C26H30N3O11P/c1-17(30)34-16-22-24(37-18(2)31)23(28-29-27)25(38-19(3)32)26(39-22)40-41(33,35-14-20-10-6-4-7-11-20)36-15-21-12-8-5-9-13-21/h4-13,22-26H,14-16H2,1-3H3/t22-,23+,24-,25-,26-/m1/s1. The minimum Gasteiger partial charge on any atom is -0.463 e. The van der Waals surface area contributed by atoms with Crippen LogP contribution in [-0.2, 0) is 64.7 Å². The Morgan fingerprint density at radius 2 is 1.37 bits per heavy atom. The Bertz CT molecular complexity index is 1230. The lowest BCUT2D eigenvalue weighted by molar-refractivity contribution is -0.263. The molecule has 0 unspecified atom stereocenters.